The molecule has 6 nitrogen and oxygen atoms in total. The third-order valence-corrected chi connectivity index (χ3v) is 10.2. The van der Waals surface area contributed by atoms with E-state index in [0.717, 1.165) is 83.5 Å². The first kappa shape index (κ1) is 52.6. The largest absolute Gasteiger partial charge is 0.462 e. The summed E-state index contributed by atoms with van der Waals surface area (Å²) in [6, 6.07) is 0. The molecule has 0 aromatic carbocycles. The molecule has 320 valence electrons. The van der Waals surface area contributed by atoms with Gasteiger partial charge in [0.05, 0.1) is 0 Å². The Hall–Kier alpha value is -2.37. The molecular formula is C49H88O6. The van der Waals surface area contributed by atoms with Crippen LogP contribution in [0.3, 0.4) is 0 Å². The number of unbranched alkanes of at least 4 members (excludes halogenated alkanes) is 25. The Bertz CT molecular complexity index is 938. The van der Waals surface area contributed by atoms with Crippen LogP contribution in [0.5, 0.6) is 0 Å². The van der Waals surface area contributed by atoms with E-state index in [9.17, 15) is 14.4 Å². The molecule has 6 heteroatoms. The van der Waals surface area contributed by atoms with Crippen LogP contribution in [0.4, 0.5) is 0 Å². The van der Waals surface area contributed by atoms with Gasteiger partial charge >= 0.3 is 17.9 Å². The Morgan fingerprint density at radius 2 is 0.709 bits per heavy atom. The third-order valence-electron chi connectivity index (χ3n) is 10.2. The van der Waals surface area contributed by atoms with Crippen LogP contribution in [-0.4, -0.2) is 37.2 Å². The molecule has 0 aliphatic carbocycles. The average Bonchev–Trinajstić information content (AvgIpc) is 3.18. The highest BCUT2D eigenvalue weighted by Crippen LogP contribution is 2.15. The summed E-state index contributed by atoms with van der Waals surface area (Å²) >= 11 is 0. The molecule has 0 aromatic heterocycles. The quantitative estimate of drug-likeness (QED) is 0.0266. The molecule has 0 bridgehead atoms. The maximum Gasteiger partial charge on any atom is 0.306 e. The van der Waals surface area contributed by atoms with Gasteiger partial charge in [-0.05, 0) is 51.4 Å². The molecule has 0 N–H and O–H groups in total. The lowest BCUT2D eigenvalue weighted by molar-refractivity contribution is -0.167. The zero-order valence-corrected chi connectivity index (χ0v) is 36.4. The third kappa shape index (κ3) is 42.6. The number of ether oxygens (including phenoxy) is 3. The van der Waals surface area contributed by atoms with Crippen molar-refractivity contribution < 1.29 is 28.6 Å². The van der Waals surface area contributed by atoms with Gasteiger partial charge in [0.2, 0.25) is 0 Å². The molecule has 0 aliphatic rings. The van der Waals surface area contributed by atoms with E-state index in [4.69, 9.17) is 14.2 Å². The van der Waals surface area contributed by atoms with Gasteiger partial charge in [0.15, 0.2) is 6.10 Å². The molecule has 0 amide bonds. The lowest BCUT2D eigenvalue weighted by atomic mass is 10.0. The Labute approximate surface area is 340 Å². The fourth-order valence-electron chi connectivity index (χ4n) is 6.63. The van der Waals surface area contributed by atoms with Gasteiger partial charge in [-0.2, -0.15) is 0 Å². The number of allylic oxidation sites excluding steroid dienone is 6. The van der Waals surface area contributed by atoms with E-state index in [0.29, 0.717) is 19.3 Å². The number of hydrogen-bond acceptors (Lipinski definition) is 6. The second-order valence-corrected chi connectivity index (χ2v) is 15.6. The zero-order valence-electron chi connectivity index (χ0n) is 36.4. The minimum Gasteiger partial charge on any atom is -0.462 e. The number of carbonyl (C=O) groups excluding carboxylic acids is 3. The second kappa shape index (κ2) is 44.3. The van der Waals surface area contributed by atoms with Gasteiger partial charge in [-0.3, -0.25) is 14.4 Å². The molecule has 0 fully saturated rings. The highest BCUT2D eigenvalue weighted by molar-refractivity contribution is 5.71. The van der Waals surface area contributed by atoms with Gasteiger partial charge in [-0.25, -0.2) is 0 Å². The molecule has 0 saturated carbocycles. The van der Waals surface area contributed by atoms with E-state index < -0.39 is 6.10 Å². The van der Waals surface area contributed by atoms with Gasteiger partial charge in [0.1, 0.15) is 13.2 Å². The molecular weight excluding hydrogens is 685 g/mol. The van der Waals surface area contributed by atoms with Crippen molar-refractivity contribution in [2.45, 2.75) is 245 Å². The fraction of sp³-hybridized carbons (Fsp3) is 0.816. The van der Waals surface area contributed by atoms with Crippen LogP contribution in [0.25, 0.3) is 0 Å². The van der Waals surface area contributed by atoms with E-state index in [1.807, 2.05) is 0 Å². The lowest BCUT2D eigenvalue weighted by Crippen LogP contribution is -2.30. The molecule has 1 unspecified atom stereocenters. The standard InChI is InChI=1S/C49H88O6/c1-4-7-10-13-16-19-21-23-24-25-26-28-30-33-36-39-42-48(51)54-45-46(44-53-47(50)41-38-35-32-29-18-15-12-9-6-3)55-49(52)43-40-37-34-31-27-22-20-17-14-11-8-5-2/h7,10,16,19,23-24,46H,4-6,8-9,11-15,17-18,20-22,25-45H2,1-3H3/b10-7-,19-16-,24-23-. The van der Waals surface area contributed by atoms with E-state index in [-0.39, 0.29) is 31.1 Å². The first-order valence-corrected chi connectivity index (χ1v) is 23.5. The topological polar surface area (TPSA) is 78.9 Å². The zero-order chi connectivity index (χ0) is 40.1. The van der Waals surface area contributed by atoms with Crippen molar-refractivity contribution in [1.82, 2.24) is 0 Å². The van der Waals surface area contributed by atoms with Gasteiger partial charge in [0.25, 0.3) is 0 Å². The van der Waals surface area contributed by atoms with Crippen LogP contribution in [0.2, 0.25) is 0 Å². The molecule has 0 heterocycles. The summed E-state index contributed by atoms with van der Waals surface area (Å²) in [5.41, 5.74) is 0. The van der Waals surface area contributed by atoms with Crippen LogP contribution in [0, 0.1) is 0 Å². The van der Waals surface area contributed by atoms with Gasteiger partial charge in [0, 0.05) is 19.3 Å². The van der Waals surface area contributed by atoms with E-state index >= 15 is 0 Å². The highest BCUT2D eigenvalue weighted by atomic mass is 16.6. The summed E-state index contributed by atoms with van der Waals surface area (Å²) in [6.45, 7) is 6.50. The van der Waals surface area contributed by atoms with Crippen molar-refractivity contribution in [2.75, 3.05) is 13.2 Å². The Kier molecular flexibility index (Phi) is 42.4. The molecule has 0 radical (unpaired) electrons. The van der Waals surface area contributed by atoms with Crippen molar-refractivity contribution >= 4 is 17.9 Å². The van der Waals surface area contributed by atoms with Gasteiger partial charge < -0.3 is 14.2 Å². The van der Waals surface area contributed by atoms with Crippen molar-refractivity contribution in [3.05, 3.63) is 36.5 Å². The summed E-state index contributed by atoms with van der Waals surface area (Å²) in [5.74, 6) is -0.884. The van der Waals surface area contributed by atoms with E-state index in [1.165, 1.54) is 116 Å². The van der Waals surface area contributed by atoms with Crippen molar-refractivity contribution in [3.8, 4) is 0 Å². The maximum absolute atomic E-state index is 12.7. The summed E-state index contributed by atoms with van der Waals surface area (Å²) in [4.78, 5) is 37.7. The van der Waals surface area contributed by atoms with Crippen molar-refractivity contribution in [2.24, 2.45) is 0 Å². The Morgan fingerprint density at radius 1 is 0.382 bits per heavy atom. The monoisotopic (exact) mass is 773 g/mol. The molecule has 0 spiro atoms. The van der Waals surface area contributed by atoms with E-state index in [2.05, 4.69) is 57.2 Å². The second-order valence-electron chi connectivity index (χ2n) is 15.6. The first-order valence-electron chi connectivity index (χ1n) is 23.5. The minimum absolute atomic E-state index is 0.0732. The van der Waals surface area contributed by atoms with Gasteiger partial charge in [-0.15, -0.1) is 0 Å². The summed E-state index contributed by atoms with van der Waals surface area (Å²) in [7, 11) is 0. The summed E-state index contributed by atoms with van der Waals surface area (Å²) in [6.07, 6.45) is 49.8. The molecule has 0 saturated heterocycles. The molecule has 0 aromatic rings. The smallest absolute Gasteiger partial charge is 0.306 e. The number of esters is 3. The van der Waals surface area contributed by atoms with Crippen molar-refractivity contribution in [1.29, 1.82) is 0 Å². The minimum atomic E-state index is -0.770. The molecule has 0 rings (SSSR count). The molecule has 1 atom stereocenters. The summed E-state index contributed by atoms with van der Waals surface area (Å²) in [5, 5.41) is 0. The lowest BCUT2D eigenvalue weighted by Gasteiger charge is -2.18. The normalized spacial score (nSPS) is 12.3. The Morgan fingerprint density at radius 3 is 1.11 bits per heavy atom. The first-order chi connectivity index (χ1) is 27.0. The highest BCUT2D eigenvalue weighted by Gasteiger charge is 2.19. The fourth-order valence-corrected chi connectivity index (χ4v) is 6.63. The average molecular weight is 773 g/mol. The number of hydrogen-bond donors (Lipinski definition) is 0. The van der Waals surface area contributed by atoms with Crippen LogP contribution in [0.15, 0.2) is 36.5 Å². The summed E-state index contributed by atoms with van der Waals surface area (Å²) < 4.78 is 16.7. The number of rotatable bonds is 42. The van der Waals surface area contributed by atoms with Crippen molar-refractivity contribution in [3.63, 3.8) is 0 Å². The Balaban J connectivity index is 4.34. The van der Waals surface area contributed by atoms with Crippen LogP contribution in [-0.2, 0) is 28.6 Å². The van der Waals surface area contributed by atoms with Crippen LogP contribution >= 0.6 is 0 Å². The van der Waals surface area contributed by atoms with Crippen LogP contribution in [0.1, 0.15) is 239 Å². The maximum atomic E-state index is 12.7. The molecule has 0 aliphatic heterocycles. The van der Waals surface area contributed by atoms with Crippen LogP contribution < -0.4 is 0 Å². The predicted octanol–water partition coefficient (Wildman–Crippen LogP) is 15.0. The predicted molar refractivity (Wildman–Crippen MR) is 233 cm³/mol. The SMILES string of the molecule is CC/C=C\C/C=C\C/C=C\CCCCCCCCC(=O)OCC(COC(=O)CCCCCCCCCCC)OC(=O)CCCCCCCCCCCCCC. The van der Waals surface area contributed by atoms with E-state index in [1.54, 1.807) is 0 Å². The molecule has 55 heavy (non-hydrogen) atoms. The number of carbonyl (C=O) groups is 3. The van der Waals surface area contributed by atoms with Gasteiger partial charge in [-0.1, -0.05) is 205 Å².